The number of epoxide rings is 1. The van der Waals surface area contributed by atoms with Crippen LogP contribution in [0, 0.1) is 5.92 Å². The molecule has 3 nitrogen and oxygen atoms in total. The maximum absolute atomic E-state index is 9.26. The van der Waals surface area contributed by atoms with Crippen LogP contribution in [0.1, 0.15) is 13.3 Å². The van der Waals surface area contributed by atoms with Gasteiger partial charge in [-0.25, -0.2) is 0 Å². The molecule has 0 radical (unpaired) electrons. The van der Waals surface area contributed by atoms with Crippen molar-refractivity contribution >= 4 is 0 Å². The smallest absolute Gasteiger partial charge is 0.185 e. The second kappa shape index (κ2) is 3.59. The second-order valence-electron chi connectivity index (χ2n) is 3.78. The van der Waals surface area contributed by atoms with E-state index in [1.807, 2.05) is 18.2 Å². The maximum Gasteiger partial charge on any atom is 0.185 e. The zero-order valence-corrected chi connectivity index (χ0v) is 8.05. The molecule has 0 spiro atoms. The van der Waals surface area contributed by atoms with Crippen LogP contribution in [0.3, 0.4) is 0 Å². The minimum Gasteiger partial charge on any atom is -0.512 e. The Morgan fingerprint density at radius 1 is 1.50 bits per heavy atom. The number of ether oxygens (including phenoxy) is 1. The monoisotopic (exact) mass is 194 g/mol. The fraction of sp³-hybridized carbons (Fsp3) is 0.455. The molecule has 3 unspecified atom stereocenters. The van der Waals surface area contributed by atoms with Gasteiger partial charge in [-0.05, 0) is 17.6 Å². The largest absolute Gasteiger partial charge is 0.512 e. The third kappa shape index (κ3) is 2.05. The van der Waals surface area contributed by atoms with Crippen LogP contribution < -0.4 is 0 Å². The predicted octanol–water partition coefficient (Wildman–Crippen LogP) is 1.67. The highest BCUT2D eigenvalue weighted by Gasteiger charge is 2.34. The Balaban J connectivity index is 2.00. The van der Waals surface area contributed by atoms with E-state index < -0.39 is 6.29 Å². The first-order chi connectivity index (χ1) is 6.66. The van der Waals surface area contributed by atoms with E-state index in [2.05, 4.69) is 6.92 Å². The second-order valence-corrected chi connectivity index (χ2v) is 3.78. The van der Waals surface area contributed by atoms with Crippen molar-refractivity contribution in [2.45, 2.75) is 25.7 Å². The van der Waals surface area contributed by atoms with Crippen molar-refractivity contribution in [3.05, 3.63) is 35.6 Å². The van der Waals surface area contributed by atoms with Crippen molar-refractivity contribution in [1.29, 1.82) is 0 Å². The van der Waals surface area contributed by atoms with Crippen LogP contribution in [0.5, 0.6) is 0 Å². The number of hydrogen-bond donors (Lipinski definition) is 2. The van der Waals surface area contributed by atoms with E-state index in [9.17, 15) is 5.11 Å². The van der Waals surface area contributed by atoms with Gasteiger partial charge in [0.2, 0.25) is 0 Å². The molecule has 1 aliphatic carbocycles. The number of aliphatic hydroxyl groups is 2. The lowest BCUT2D eigenvalue weighted by atomic mass is 9.92. The van der Waals surface area contributed by atoms with Gasteiger partial charge < -0.3 is 14.9 Å². The molecule has 3 heteroatoms. The van der Waals surface area contributed by atoms with Gasteiger partial charge in [0.15, 0.2) is 6.29 Å². The normalized spacial score (nSPS) is 36.9. The standard InChI is InChI=1S/C11H14O3/c1-7-6-9(12)4-2-8(7)3-5-10-11(13)14-10/h2-5,7,10-13H,6H2,1H3/b5-3-. The quantitative estimate of drug-likeness (QED) is 0.657. The summed E-state index contributed by atoms with van der Waals surface area (Å²) in [6.45, 7) is 2.06. The minimum atomic E-state index is -0.616. The van der Waals surface area contributed by atoms with E-state index in [4.69, 9.17) is 9.84 Å². The van der Waals surface area contributed by atoms with Crippen LogP contribution in [0.25, 0.3) is 0 Å². The molecular formula is C11H14O3. The van der Waals surface area contributed by atoms with Gasteiger partial charge in [0.05, 0.1) is 5.76 Å². The van der Waals surface area contributed by atoms with Crippen LogP contribution in [0.4, 0.5) is 0 Å². The van der Waals surface area contributed by atoms with Gasteiger partial charge in [-0.3, -0.25) is 0 Å². The third-order valence-corrected chi connectivity index (χ3v) is 2.53. The number of hydrogen-bond acceptors (Lipinski definition) is 3. The molecule has 1 saturated heterocycles. The van der Waals surface area contributed by atoms with E-state index in [1.54, 1.807) is 6.08 Å². The zero-order chi connectivity index (χ0) is 10.1. The van der Waals surface area contributed by atoms with E-state index in [1.165, 1.54) is 0 Å². The molecular weight excluding hydrogens is 180 g/mol. The highest BCUT2D eigenvalue weighted by Crippen LogP contribution is 2.26. The lowest BCUT2D eigenvalue weighted by Crippen LogP contribution is -2.03. The van der Waals surface area contributed by atoms with Crippen molar-refractivity contribution in [1.82, 2.24) is 0 Å². The Labute approximate surface area is 83.0 Å². The lowest BCUT2D eigenvalue weighted by molar-refractivity contribution is 0.156. The van der Waals surface area contributed by atoms with E-state index in [-0.39, 0.29) is 6.10 Å². The van der Waals surface area contributed by atoms with Crippen molar-refractivity contribution < 1.29 is 14.9 Å². The Kier molecular flexibility index (Phi) is 2.44. The zero-order valence-electron chi connectivity index (χ0n) is 8.05. The first-order valence-electron chi connectivity index (χ1n) is 4.78. The van der Waals surface area contributed by atoms with Gasteiger partial charge in [-0.1, -0.05) is 25.2 Å². The van der Waals surface area contributed by atoms with E-state index in [0.29, 0.717) is 18.1 Å². The van der Waals surface area contributed by atoms with Crippen LogP contribution in [-0.4, -0.2) is 22.6 Å². The fourth-order valence-electron chi connectivity index (χ4n) is 1.54. The summed E-state index contributed by atoms with van der Waals surface area (Å²) >= 11 is 0. The van der Waals surface area contributed by atoms with Crippen LogP contribution in [0.15, 0.2) is 35.6 Å². The SMILES string of the molecule is CC1CC(O)=CC=C1/C=C\C1OC1O. The van der Waals surface area contributed by atoms with Crippen molar-refractivity contribution in [3.63, 3.8) is 0 Å². The predicted molar refractivity (Wildman–Crippen MR) is 52.6 cm³/mol. The molecule has 0 aromatic heterocycles. The summed E-state index contributed by atoms with van der Waals surface area (Å²) in [7, 11) is 0. The Bertz CT molecular complexity index is 314. The summed E-state index contributed by atoms with van der Waals surface area (Å²) < 4.78 is 4.84. The maximum atomic E-state index is 9.26. The molecule has 0 amide bonds. The summed E-state index contributed by atoms with van der Waals surface area (Å²) in [6, 6.07) is 0. The molecule has 2 N–H and O–H groups in total. The van der Waals surface area contributed by atoms with Gasteiger partial charge in [0, 0.05) is 6.42 Å². The van der Waals surface area contributed by atoms with Gasteiger partial charge >= 0.3 is 0 Å². The summed E-state index contributed by atoms with van der Waals surface area (Å²) in [5, 5.41) is 18.2. The molecule has 2 rings (SSSR count). The number of rotatable bonds is 2. The average Bonchev–Trinajstić information content (AvgIpc) is 2.80. The summed E-state index contributed by atoms with van der Waals surface area (Å²) in [4.78, 5) is 0. The average molecular weight is 194 g/mol. The first kappa shape index (κ1) is 9.49. The van der Waals surface area contributed by atoms with Gasteiger partial charge in [0.1, 0.15) is 6.10 Å². The molecule has 14 heavy (non-hydrogen) atoms. The molecule has 1 heterocycles. The van der Waals surface area contributed by atoms with Gasteiger partial charge in [-0.15, -0.1) is 0 Å². The lowest BCUT2D eigenvalue weighted by Gasteiger charge is -2.15. The highest BCUT2D eigenvalue weighted by molar-refractivity contribution is 5.32. The molecule has 76 valence electrons. The highest BCUT2D eigenvalue weighted by atomic mass is 16.7. The fourth-order valence-corrected chi connectivity index (χ4v) is 1.54. The van der Waals surface area contributed by atoms with Crippen molar-refractivity contribution in [2.75, 3.05) is 0 Å². The third-order valence-electron chi connectivity index (χ3n) is 2.53. The van der Waals surface area contributed by atoms with Crippen LogP contribution in [-0.2, 0) is 4.74 Å². The van der Waals surface area contributed by atoms with E-state index in [0.717, 1.165) is 5.57 Å². The topological polar surface area (TPSA) is 53.0 Å². The summed E-state index contributed by atoms with van der Waals surface area (Å²) in [6.07, 6.45) is 7.35. The van der Waals surface area contributed by atoms with Gasteiger partial charge in [-0.2, -0.15) is 0 Å². The number of allylic oxidation sites excluding steroid dienone is 5. The van der Waals surface area contributed by atoms with E-state index >= 15 is 0 Å². The molecule has 0 aromatic carbocycles. The molecule has 2 aliphatic rings. The molecule has 1 aliphatic heterocycles. The Morgan fingerprint density at radius 2 is 2.21 bits per heavy atom. The van der Waals surface area contributed by atoms with Crippen molar-refractivity contribution in [2.24, 2.45) is 5.92 Å². The molecule has 0 bridgehead atoms. The molecule has 3 atom stereocenters. The number of aliphatic hydroxyl groups excluding tert-OH is 2. The Hall–Kier alpha value is -1.06. The molecule has 1 fully saturated rings. The van der Waals surface area contributed by atoms with Crippen LogP contribution in [0.2, 0.25) is 0 Å². The first-order valence-corrected chi connectivity index (χ1v) is 4.78. The van der Waals surface area contributed by atoms with Crippen molar-refractivity contribution in [3.8, 4) is 0 Å². The van der Waals surface area contributed by atoms with Gasteiger partial charge in [0.25, 0.3) is 0 Å². The Morgan fingerprint density at radius 3 is 2.79 bits per heavy atom. The summed E-state index contributed by atoms with van der Waals surface area (Å²) in [5.41, 5.74) is 1.16. The minimum absolute atomic E-state index is 0.136. The molecule has 0 aromatic rings. The van der Waals surface area contributed by atoms with Crippen LogP contribution >= 0.6 is 0 Å². The summed E-state index contributed by atoms with van der Waals surface area (Å²) in [5.74, 6) is 0.754. The molecule has 0 saturated carbocycles.